The smallest absolute Gasteiger partial charge is 0.429 e. The zero-order valence-electron chi connectivity index (χ0n) is 17.7. The van der Waals surface area contributed by atoms with E-state index in [0.717, 1.165) is 50.7 Å². The van der Waals surface area contributed by atoms with Crippen LogP contribution in [0, 0.1) is 34.7 Å². The van der Waals surface area contributed by atoms with Crippen LogP contribution >= 0.6 is 0 Å². The minimum Gasteiger partial charge on any atom is -0.429 e. The average molecular weight is 449 g/mol. The van der Waals surface area contributed by atoms with Crippen LogP contribution in [0.3, 0.4) is 0 Å². The largest absolute Gasteiger partial charge is 0.429 e. The van der Waals surface area contributed by atoms with Gasteiger partial charge in [0.25, 0.3) is 0 Å². The highest BCUT2D eigenvalue weighted by Gasteiger charge is 2.38. The molecule has 1 aliphatic carbocycles. The average Bonchev–Trinajstić information content (AvgIpc) is 2.73. The van der Waals surface area contributed by atoms with E-state index in [0.29, 0.717) is 23.6 Å². The van der Waals surface area contributed by atoms with E-state index in [9.17, 15) is 22.0 Å². The van der Waals surface area contributed by atoms with E-state index in [1.54, 1.807) is 0 Å². The van der Waals surface area contributed by atoms with Crippen LogP contribution in [-0.4, -0.2) is 0 Å². The van der Waals surface area contributed by atoms with Gasteiger partial charge in [-0.3, -0.25) is 0 Å². The topological polar surface area (TPSA) is 33.0 Å². The summed E-state index contributed by atoms with van der Waals surface area (Å²) in [6.07, 6.45) is 6.02. The Labute approximate surface area is 184 Å². The molecular formula is C25H24F5NO. The van der Waals surface area contributed by atoms with E-state index in [4.69, 9.17) is 5.26 Å². The number of nitrogens with zero attached hydrogens (tertiary/aromatic N) is 1. The summed E-state index contributed by atoms with van der Waals surface area (Å²) in [6, 6.07) is 5.72. The monoisotopic (exact) mass is 449 g/mol. The summed E-state index contributed by atoms with van der Waals surface area (Å²) in [7, 11) is 0. The predicted molar refractivity (Wildman–Crippen MR) is 111 cm³/mol. The summed E-state index contributed by atoms with van der Waals surface area (Å²) < 4.78 is 75.4. The van der Waals surface area contributed by atoms with Crippen LogP contribution < -0.4 is 4.74 Å². The SMILES string of the molecule is CCC/C=C/C1CCC(c2ccc(C(F)(F)Oc3cc(F)c(C#N)c(F)c3)c(F)c2)CC1. The third kappa shape index (κ3) is 5.48. The lowest BCUT2D eigenvalue weighted by Gasteiger charge is -2.27. The molecule has 0 N–H and O–H groups in total. The summed E-state index contributed by atoms with van der Waals surface area (Å²) in [4.78, 5) is 0. The number of alkyl halides is 2. The fraction of sp³-hybridized carbons (Fsp3) is 0.400. The number of hydrogen-bond donors (Lipinski definition) is 0. The maximum Gasteiger partial charge on any atom is 0.429 e. The molecule has 170 valence electrons. The standard InChI is InChI=1S/C25H24F5NO/c1-2-3-4-5-16-6-8-17(9-7-16)18-10-11-21(24(28)12-18)25(29,30)32-19-13-22(26)20(15-31)23(27)14-19/h4-5,10-14,16-17H,2-3,6-9H2,1H3/b5-4+. The van der Waals surface area contributed by atoms with Crippen molar-refractivity contribution in [1.82, 2.24) is 0 Å². The van der Waals surface area contributed by atoms with Crippen LogP contribution in [0.15, 0.2) is 42.5 Å². The number of halogens is 5. The van der Waals surface area contributed by atoms with E-state index in [1.807, 2.05) is 0 Å². The van der Waals surface area contributed by atoms with Crippen LogP contribution in [0.2, 0.25) is 0 Å². The fourth-order valence-corrected chi connectivity index (χ4v) is 4.04. The second kappa shape index (κ2) is 10.2. The molecule has 2 aromatic carbocycles. The highest BCUT2D eigenvalue weighted by molar-refractivity contribution is 5.38. The van der Waals surface area contributed by atoms with Gasteiger partial charge >= 0.3 is 6.11 Å². The summed E-state index contributed by atoms with van der Waals surface area (Å²) in [5, 5.41) is 8.66. The first kappa shape index (κ1) is 23.8. The van der Waals surface area contributed by atoms with Crippen molar-refractivity contribution in [2.75, 3.05) is 0 Å². The molecule has 0 atom stereocenters. The molecule has 0 bridgehead atoms. The summed E-state index contributed by atoms with van der Waals surface area (Å²) in [5.41, 5.74) is -1.29. The molecule has 0 aliphatic heterocycles. The Morgan fingerprint density at radius 1 is 1.03 bits per heavy atom. The molecule has 3 rings (SSSR count). The Bertz CT molecular complexity index is 996. The molecule has 0 aromatic heterocycles. The van der Waals surface area contributed by atoms with Gasteiger partial charge in [0.05, 0.1) is 5.56 Å². The molecule has 0 saturated heterocycles. The minimum atomic E-state index is -4.16. The van der Waals surface area contributed by atoms with Crippen LogP contribution in [0.1, 0.15) is 68.1 Å². The summed E-state index contributed by atoms with van der Waals surface area (Å²) >= 11 is 0. The van der Waals surface area contributed by atoms with E-state index in [-0.39, 0.29) is 5.92 Å². The fourth-order valence-electron chi connectivity index (χ4n) is 4.04. The third-order valence-corrected chi connectivity index (χ3v) is 5.79. The quantitative estimate of drug-likeness (QED) is 0.320. The van der Waals surface area contributed by atoms with Crippen molar-refractivity contribution in [3.8, 4) is 11.8 Å². The number of rotatable bonds is 7. The second-order valence-electron chi connectivity index (χ2n) is 8.06. The molecular weight excluding hydrogens is 425 g/mol. The van der Waals surface area contributed by atoms with Gasteiger partial charge in [0, 0.05) is 12.1 Å². The highest BCUT2D eigenvalue weighted by atomic mass is 19.3. The number of nitriles is 1. The molecule has 2 nitrogen and oxygen atoms in total. The minimum absolute atomic E-state index is 0.0885. The van der Waals surface area contributed by atoms with Crippen LogP contribution in [0.4, 0.5) is 22.0 Å². The normalized spacial score (nSPS) is 19.2. The van der Waals surface area contributed by atoms with Crippen molar-refractivity contribution in [2.45, 2.75) is 57.5 Å². The van der Waals surface area contributed by atoms with Crippen molar-refractivity contribution in [3.05, 3.63) is 76.6 Å². The van der Waals surface area contributed by atoms with Crippen molar-refractivity contribution in [3.63, 3.8) is 0 Å². The van der Waals surface area contributed by atoms with Crippen molar-refractivity contribution in [2.24, 2.45) is 5.92 Å². The van der Waals surface area contributed by atoms with Gasteiger partial charge in [-0.15, -0.1) is 0 Å². The maximum atomic E-state index is 14.6. The van der Waals surface area contributed by atoms with Gasteiger partial charge in [-0.25, -0.2) is 13.2 Å². The molecule has 2 aromatic rings. The lowest BCUT2D eigenvalue weighted by atomic mass is 9.78. The molecule has 0 spiro atoms. The molecule has 7 heteroatoms. The Balaban J connectivity index is 1.71. The van der Waals surface area contributed by atoms with Crippen LogP contribution in [-0.2, 0) is 6.11 Å². The first-order valence-corrected chi connectivity index (χ1v) is 10.7. The lowest BCUT2D eigenvalue weighted by molar-refractivity contribution is -0.187. The Kier molecular flexibility index (Phi) is 7.55. The molecule has 32 heavy (non-hydrogen) atoms. The first-order chi connectivity index (χ1) is 15.2. The van der Waals surface area contributed by atoms with Gasteiger partial charge < -0.3 is 4.74 Å². The zero-order chi connectivity index (χ0) is 23.3. The van der Waals surface area contributed by atoms with Gasteiger partial charge in [0.2, 0.25) is 0 Å². The molecule has 0 heterocycles. The Morgan fingerprint density at radius 3 is 2.25 bits per heavy atom. The molecule has 0 amide bonds. The number of benzene rings is 2. The van der Waals surface area contributed by atoms with Crippen molar-refractivity contribution >= 4 is 0 Å². The van der Waals surface area contributed by atoms with Crippen LogP contribution in [0.25, 0.3) is 0 Å². The second-order valence-corrected chi connectivity index (χ2v) is 8.06. The predicted octanol–water partition coefficient (Wildman–Crippen LogP) is 7.73. The molecule has 0 radical (unpaired) electrons. The van der Waals surface area contributed by atoms with E-state index >= 15 is 0 Å². The third-order valence-electron chi connectivity index (χ3n) is 5.79. The number of unbranched alkanes of at least 4 members (excludes halogenated alkanes) is 1. The first-order valence-electron chi connectivity index (χ1n) is 10.7. The molecule has 1 aliphatic rings. The lowest BCUT2D eigenvalue weighted by Crippen LogP contribution is -2.24. The molecule has 0 unspecified atom stereocenters. The molecule has 1 saturated carbocycles. The maximum absolute atomic E-state index is 14.6. The number of allylic oxidation sites excluding steroid dienone is 2. The van der Waals surface area contributed by atoms with Gasteiger partial charge in [-0.1, -0.05) is 31.6 Å². The summed E-state index contributed by atoms with van der Waals surface area (Å²) in [6.45, 7) is 2.12. The highest BCUT2D eigenvalue weighted by Crippen LogP contribution is 2.39. The zero-order valence-corrected chi connectivity index (χ0v) is 17.7. The Hall–Kier alpha value is -2.88. The number of ether oxygens (including phenoxy) is 1. The molecule has 1 fully saturated rings. The van der Waals surface area contributed by atoms with Crippen molar-refractivity contribution in [1.29, 1.82) is 5.26 Å². The van der Waals surface area contributed by atoms with Gasteiger partial charge in [0.1, 0.15) is 34.8 Å². The van der Waals surface area contributed by atoms with E-state index in [2.05, 4.69) is 23.8 Å². The van der Waals surface area contributed by atoms with Gasteiger partial charge in [0.15, 0.2) is 0 Å². The number of hydrogen-bond acceptors (Lipinski definition) is 2. The summed E-state index contributed by atoms with van der Waals surface area (Å²) in [5.74, 6) is -4.09. The van der Waals surface area contributed by atoms with Crippen LogP contribution in [0.5, 0.6) is 5.75 Å². The van der Waals surface area contributed by atoms with E-state index < -0.39 is 40.4 Å². The van der Waals surface area contributed by atoms with Gasteiger partial charge in [-0.05, 0) is 61.6 Å². The van der Waals surface area contributed by atoms with Crippen molar-refractivity contribution < 1.29 is 26.7 Å². The van der Waals surface area contributed by atoms with E-state index in [1.165, 1.54) is 12.1 Å². The van der Waals surface area contributed by atoms with Gasteiger partial charge in [-0.2, -0.15) is 14.0 Å². The Morgan fingerprint density at radius 2 is 1.69 bits per heavy atom.